The van der Waals surface area contributed by atoms with Gasteiger partial charge in [-0.2, -0.15) is 0 Å². The van der Waals surface area contributed by atoms with Gasteiger partial charge in [0.15, 0.2) is 0 Å². The fourth-order valence-corrected chi connectivity index (χ4v) is 4.17. The molecular formula is C22H20ClNO4S2. The predicted octanol–water partition coefficient (Wildman–Crippen LogP) is 5.07. The Balaban J connectivity index is 1.70. The van der Waals surface area contributed by atoms with Gasteiger partial charge in [-0.3, -0.25) is 14.5 Å². The number of nitrogens with zero attached hydrogens (tertiary/aromatic N) is 1. The first-order valence-corrected chi connectivity index (χ1v) is 11.0. The molecule has 2 aromatic carbocycles. The lowest BCUT2D eigenvalue weighted by Crippen LogP contribution is -2.30. The summed E-state index contributed by atoms with van der Waals surface area (Å²) < 4.78 is 11.3. The van der Waals surface area contributed by atoms with Crippen molar-refractivity contribution in [3.8, 4) is 5.75 Å². The van der Waals surface area contributed by atoms with Crippen molar-refractivity contribution >= 4 is 57.9 Å². The highest BCUT2D eigenvalue weighted by Crippen LogP contribution is 2.34. The molecule has 1 aliphatic heterocycles. The second-order valence-corrected chi connectivity index (χ2v) is 8.45. The molecule has 0 aliphatic carbocycles. The van der Waals surface area contributed by atoms with Crippen LogP contribution in [-0.2, 0) is 20.9 Å². The lowest BCUT2D eigenvalue weighted by atomic mass is 10.1. The Hall–Kier alpha value is -2.35. The van der Waals surface area contributed by atoms with Crippen LogP contribution in [0.2, 0.25) is 5.02 Å². The number of rotatable bonds is 8. The normalized spacial score (nSPS) is 15.0. The molecule has 0 atom stereocenters. The second-order valence-electron chi connectivity index (χ2n) is 6.34. The molecule has 5 nitrogen and oxygen atoms in total. The summed E-state index contributed by atoms with van der Waals surface area (Å²) in [7, 11) is 0. The number of halogens is 1. The third kappa shape index (κ3) is 5.84. The van der Waals surface area contributed by atoms with E-state index in [1.165, 1.54) is 16.7 Å². The molecule has 0 unspecified atom stereocenters. The molecule has 0 aromatic heterocycles. The molecule has 1 fully saturated rings. The van der Waals surface area contributed by atoms with Crippen molar-refractivity contribution in [3.63, 3.8) is 0 Å². The van der Waals surface area contributed by atoms with Crippen molar-refractivity contribution in [1.29, 1.82) is 0 Å². The zero-order valence-electron chi connectivity index (χ0n) is 16.3. The fraction of sp³-hybridized carbons (Fsp3) is 0.227. The Labute approximate surface area is 190 Å². The van der Waals surface area contributed by atoms with Crippen molar-refractivity contribution in [2.45, 2.75) is 20.0 Å². The molecule has 1 saturated heterocycles. The molecule has 0 bridgehead atoms. The van der Waals surface area contributed by atoms with E-state index in [1.807, 2.05) is 48.5 Å². The summed E-state index contributed by atoms with van der Waals surface area (Å²) in [6, 6.07) is 14.9. The van der Waals surface area contributed by atoms with Crippen LogP contribution in [-0.4, -0.2) is 34.2 Å². The minimum atomic E-state index is -0.350. The molecule has 1 heterocycles. The molecule has 1 aliphatic rings. The van der Waals surface area contributed by atoms with Gasteiger partial charge < -0.3 is 9.47 Å². The number of thiocarbonyl (C=S) groups is 1. The fourth-order valence-electron chi connectivity index (χ4n) is 2.74. The first-order valence-electron chi connectivity index (χ1n) is 9.35. The quantitative estimate of drug-likeness (QED) is 0.310. The van der Waals surface area contributed by atoms with E-state index >= 15 is 0 Å². The highest BCUT2D eigenvalue weighted by molar-refractivity contribution is 8.26. The van der Waals surface area contributed by atoms with Crippen LogP contribution in [0.1, 0.15) is 24.5 Å². The molecule has 2 aromatic rings. The van der Waals surface area contributed by atoms with Gasteiger partial charge in [0.05, 0.1) is 17.9 Å². The molecule has 1 amide bonds. The van der Waals surface area contributed by atoms with Gasteiger partial charge in [0.1, 0.15) is 16.7 Å². The average Bonchev–Trinajstić information content (AvgIpc) is 3.00. The average molecular weight is 462 g/mol. The third-order valence-electron chi connectivity index (χ3n) is 4.23. The SMILES string of the molecule is CCOC(=O)CCN1C(=O)/C(=C\c2ccccc2OCc2ccc(Cl)cc2)SC1=S. The zero-order chi connectivity index (χ0) is 21.5. The van der Waals surface area contributed by atoms with Crippen LogP contribution in [0.4, 0.5) is 0 Å². The van der Waals surface area contributed by atoms with Crippen molar-refractivity contribution < 1.29 is 19.1 Å². The molecule has 0 N–H and O–H groups in total. The van der Waals surface area contributed by atoms with Gasteiger partial charge in [-0.05, 0) is 36.8 Å². The van der Waals surface area contributed by atoms with Gasteiger partial charge in [0.2, 0.25) is 0 Å². The summed E-state index contributed by atoms with van der Waals surface area (Å²) in [6.07, 6.45) is 1.87. The maximum absolute atomic E-state index is 12.8. The van der Waals surface area contributed by atoms with Crippen molar-refractivity contribution in [1.82, 2.24) is 4.90 Å². The Morgan fingerprint density at radius 2 is 1.93 bits per heavy atom. The Morgan fingerprint density at radius 1 is 1.20 bits per heavy atom. The summed E-state index contributed by atoms with van der Waals surface area (Å²) in [4.78, 5) is 26.3. The molecule has 3 rings (SSSR count). The number of amides is 1. The molecular weight excluding hydrogens is 442 g/mol. The van der Waals surface area contributed by atoms with E-state index < -0.39 is 0 Å². The number of benzene rings is 2. The highest BCUT2D eigenvalue weighted by Gasteiger charge is 2.32. The Bertz CT molecular complexity index is 975. The molecule has 156 valence electrons. The van der Waals surface area contributed by atoms with E-state index in [-0.39, 0.29) is 24.8 Å². The number of esters is 1. The predicted molar refractivity (Wildman–Crippen MR) is 123 cm³/mol. The largest absolute Gasteiger partial charge is 0.488 e. The summed E-state index contributed by atoms with van der Waals surface area (Å²) in [5.74, 6) is 0.0857. The van der Waals surface area contributed by atoms with E-state index in [0.29, 0.717) is 33.2 Å². The van der Waals surface area contributed by atoms with Crippen LogP contribution in [0.15, 0.2) is 53.4 Å². The standard InChI is InChI=1S/C22H20ClNO4S2/c1-2-27-20(25)11-12-24-21(26)19(30-22(24)29)13-16-5-3-4-6-18(16)28-14-15-7-9-17(23)10-8-15/h3-10,13H,2,11-12,14H2,1H3/b19-13+. The monoisotopic (exact) mass is 461 g/mol. The van der Waals surface area contributed by atoms with Gasteiger partial charge in [0.25, 0.3) is 5.91 Å². The van der Waals surface area contributed by atoms with Crippen LogP contribution >= 0.6 is 35.6 Å². The van der Waals surface area contributed by atoms with E-state index in [0.717, 1.165) is 11.1 Å². The first-order chi connectivity index (χ1) is 14.5. The Kier molecular flexibility index (Phi) is 7.90. The second kappa shape index (κ2) is 10.6. The minimum absolute atomic E-state index is 0.106. The van der Waals surface area contributed by atoms with E-state index in [1.54, 1.807) is 13.0 Å². The van der Waals surface area contributed by atoms with Gasteiger partial charge in [0, 0.05) is 17.1 Å². The van der Waals surface area contributed by atoms with Crippen LogP contribution in [0.3, 0.4) is 0 Å². The number of ether oxygens (including phenoxy) is 2. The maximum Gasteiger partial charge on any atom is 0.307 e. The topological polar surface area (TPSA) is 55.8 Å². The van der Waals surface area contributed by atoms with Crippen LogP contribution in [0.25, 0.3) is 6.08 Å². The van der Waals surface area contributed by atoms with Gasteiger partial charge in [-0.1, -0.05) is 65.9 Å². The van der Waals surface area contributed by atoms with E-state index in [4.69, 9.17) is 33.3 Å². The molecule has 0 radical (unpaired) electrons. The van der Waals surface area contributed by atoms with Crippen LogP contribution in [0.5, 0.6) is 5.75 Å². The van der Waals surface area contributed by atoms with Gasteiger partial charge >= 0.3 is 5.97 Å². The highest BCUT2D eigenvalue weighted by atomic mass is 35.5. The third-order valence-corrected chi connectivity index (χ3v) is 5.86. The lowest BCUT2D eigenvalue weighted by molar-refractivity contribution is -0.143. The lowest BCUT2D eigenvalue weighted by Gasteiger charge is -2.13. The number of hydrogen-bond donors (Lipinski definition) is 0. The summed E-state index contributed by atoms with van der Waals surface area (Å²) >= 11 is 12.5. The van der Waals surface area contributed by atoms with Crippen molar-refractivity contribution in [3.05, 3.63) is 69.6 Å². The molecule has 0 saturated carbocycles. The number of hydrogen-bond acceptors (Lipinski definition) is 6. The van der Waals surface area contributed by atoms with Gasteiger partial charge in [-0.25, -0.2) is 0 Å². The molecule has 0 spiro atoms. The summed E-state index contributed by atoms with van der Waals surface area (Å²) in [5, 5.41) is 0.670. The van der Waals surface area contributed by atoms with Crippen molar-refractivity contribution in [2.75, 3.05) is 13.2 Å². The smallest absolute Gasteiger partial charge is 0.307 e. The number of carbonyl (C=O) groups excluding carboxylic acids is 2. The van der Waals surface area contributed by atoms with E-state index in [2.05, 4.69) is 0 Å². The molecule has 8 heteroatoms. The summed E-state index contributed by atoms with van der Waals surface area (Å²) in [5.41, 5.74) is 1.76. The number of thioether (sulfide) groups is 1. The Morgan fingerprint density at radius 3 is 2.67 bits per heavy atom. The molecule has 30 heavy (non-hydrogen) atoms. The zero-order valence-corrected chi connectivity index (χ0v) is 18.7. The minimum Gasteiger partial charge on any atom is -0.488 e. The maximum atomic E-state index is 12.8. The number of carbonyl (C=O) groups is 2. The van der Waals surface area contributed by atoms with E-state index in [9.17, 15) is 9.59 Å². The number of para-hydroxylation sites is 1. The van der Waals surface area contributed by atoms with Crippen LogP contribution < -0.4 is 4.74 Å². The summed E-state index contributed by atoms with van der Waals surface area (Å²) in [6.45, 7) is 2.63. The van der Waals surface area contributed by atoms with Crippen molar-refractivity contribution in [2.24, 2.45) is 0 Å². The first kappa shape index (κ1) is 22.3. The van der Waals surface area contributed by atoms with Crippen LogP contribution in [0, 0.1) is 0 Å². The van der Waals surface area contributed by atoms with Gasteiger partial charge in [-0.15, -0.1) is 0 Å².